The Balaban J connectivity index is 2.06. The van der Waals surface area contributed by atoms with Crippen molar-refractivity contribution in [3.8, 4) is 0 Å². The van der Waals surface area contributed by atoms with E-state index < -0.39 is 17.9 Å². The van der Waals surface area contributed by atoms with E-state index in [1.165, 1.54) is 10.9 Å². The molecule has 0 spiro atoms. The summed E-state index contributed by atoms with van der Waals surface area (Å²) in [5.41, 5.74) is -1.54. The molecule has 0 saturated heterocycles. The maximum absolute atomic E-state index is 13.1. The van der Waals surface area contributed by atoms with Crippen molar-refractivity contribution in [3.63, 3.8) is 0 Å². The number of aliphatic hydroxyl groups is 1. The van der Waals surface area contributed by atoms with Crippen molar-refractivity contribution in [1.82, 2.24) is 15.1 Å². The van der Waals surface area contributed by atoms with Gasteiger partial charge in [0, 0.05) is 19.3 Å². The SMILES string of the molecule is CC(C)Cn1cc(C(F)F)c(C(=O)NCC2(O)CCCCC2)n1. The van der Waals surface area contributed by atoms with E-state index in [0.29, 0.717) is 19.4 Å². The predicted molar refractivity (Wildman–Crippen MR) is 82.4 cm³/mol. The molecule has 1 saturated carbocycles. The standard InChI is InChI=1S/C16H25F2N3O2/c1-11(2)8-21-9-12(14(17)18)13(20-21)15(22)19-10-16(23)6-4-3-5-7-16/h9,11,14,23H,3-8,10H2,1-2H3,(H,19,22). The Morgan fingerprint density at radius 3 is 2.61 bits per heavy atom. The summed E-state index contributed by atoms with van der Waals surface area (Å²) < 4.78 is 27.6. The number of nitrogens with zero attached hydrogens (tertiary/aromatic N) is 2. The van der Waals surface area contributed by atoms with Gasteiger partial charge in [0.2, 0.25) is 0 Å². The van der Waals surface area contributed by atoms with Crippen LogP contribution in [-0.2, 0) is 6.54 Å². The highest BCUT2D eigenvalue weighted by Crippen LogP contribution is 2.27. The van der Waals surface area contributed by atoms with E-state index in [4.69, 9.17) is 0 Å². The Labute approximate surface area is 135 Å². The van der Waals surface area contributed by atoms with Crippen LogP contribution in [0.4, 0.5) is 8.78 Å². The molecule has 2 N–H and O–H groups in total. The van der Waals surface area contributed by atoms with Crippen LogP contribution in [0, 0.1) is 5.92 Å². The highest BCUT2D eigenvalue weighted by atomic mass is 19.3. The van der Waals surface area contributed by atoms with Crippen molar-refractivity contribution in [2.45, 2.75) is 64.5 Å². The van der Waals surface area contributed by atoms with Crippen LogP contribution in [0.2, 0.25) is 0 Å². The van der Waals surface area contributed by atoms with Crippen molar-refractivity contribution >= 4 is 5.91 Å². The molecule has 1 fully saturated rings. The summed E-state index contributed by atoms with van der Waals surface area (Å²) >= 11 is 0. The fraction of sp³-hybridized carbons (Fsp3) is 0.750. The first-order chi connectivity index (χ1) is 10.8. The summed E-state index contributed by atoms with van der Waals surface area (Å²) in [6.45, 7) is 4.44. The molecule has 1 aromatic heterocycles. The summed E-state index contributed by atoms with van der Waals surface area (Å²) in [6, 6.07) is 0. The molecule has 0 aliphatic heterocycles. The van der Waals surface area contributed by atoms with E-state index in [0.717, 1.165) is 19.3 Å². The van der Waals surface area contributed by atoms with Gasteiger partial charge < -0.3 is 10.4 Å². The average Bonchev–Trinajstić information content (AvgIpc) is 2.89. The van der Waals surface area contributed by atoms with Crippen LogP contribution in [0.1, 0.15) is 68.4 Å². The van der Waals surface area contributed by atoms with Gasteiger partial charge in [-0.3, -0.25) is 9.48 Å². The van der Waals surface area contributed by atoms with E-state index in [1.54, 1.807) is 0 Å². The lowest BCUT2D eigenvalue weighted by molar-refractivity contribution is 0.00517. The first-order valence-corrected chi connectivity index (χ1v) is 8.17. The molecule has 5 nitrogen and oxygen atoms in total. The minimum Gasteiger partial charge on any atom is -0.388 e. The number of halogens is 2. The Morgan fingerprint density at radius 1 is 1.39 bits per heavy atom. The average molecular weight is 329 g/mol. The van der Waals surface area contributed by atoms with Gasteiger partial charge in [-0.2, -0.15) is 5.10 Å². The van der Waals surface area contributed by atoms with Crippen molar-refractivity contribution in [3.05, 3.63) is 17.5 Å². The van der Waals surface area contributed by atoms with Crippen LogP contribution in [0.5, 0.6) is 0 Å². The third kappa shape index (κ3) is 4.73. The second kappa shape index (κ2) is 7.38. The maximum atomic E-state index is 13.1. The van der Waals surface area contributed by atoms with E-state index >= 15 is 0 Å². The predicted octanol–water partition coefficient (Wildman–Crippen LogP) is 2.90. The molecule has 1 heterocycles. The fourth-order valence-corrected chi connectivity index (χ4v) is 2.96. The third-order valence-electron chi connectivity index (χ3n) is 4.15. The summed E-state index contributed by atoms with van der Waals surface area (Å²) in [4.78, 5) is 12.2. The van der Waals surface area contributed by atoms with Gasteiger partial charge in [0.25, 0.3) is 12.3 Å². The normalized spacial score (nSPS) is 17.7. The minimum atomic E-state index is -2.76. The largest absolute Gasteiger partial charge is 0.388 e. The maximum Gasteiger partial charge on any atom is 0.272 e. The van der Waals surface area contributed by atoms with Crippen LogP contribution in [0.25, 0.3) is 0 Å². The molecule has 1 aliphatic rings. The smallest absolute Gasteiger partial charge is 0.272 e. The Hall–Kier alpha value is -1.50. The van der Waals surface area contributed by atoms with Gasteiger partial charge in [-0.05, 0) is 18.8 Å². The van der Waals surface area contributed by atoms with Gasteiger partial charge in [0.05, 0.1) is 11.2 Å². The van der Waals surface area contributed by atoms with Crippen molar-refractivity contribution in [2.24, 2.45) is 5.92 Å². The van der Waals surface area contributed by atoms with Crippen LogP contribution in [0.15, 0.2) is 6.20 Å². The molecule has 1 aliphatic carbocycles. The fourth-order valence-electron chi connectivity index (χ4n) is 2.96. The number of hydrogen-bond donors (Lipinski definition) is 2. The second-order valence-electron chi connectivity index (χ2n) is 6.82. The summed E-state index contributed by atoms with van der Waals surface area (Å²) in [5, 5.41) is 17.0. The number of aromatic nitrogens is 2. The monoisotopic (exact) mass is 329 g/mol. The van der Waals surface area contributed by atoms with E-state index in [9.17, 15) is 18.7 Å². The molecule has 1 aromatic rings. The number of carbonyl (C=O) groups excluding carboxylic acids is 1. The molecule has 130 valence electrons. The molecule has 2 rings (SSSR count). The first kappa shape index (κ1) is 17.8. The van der Waals surface area contributed by atoms with Crippen LogP contribution < -0.4 is 5.32 Å². The quantitative estimate of drug-likeness (QED) is 0.843. The van der Waals surface area contributed by atoms with Crippen molar-refractivity contribution in [1.29, 1.82) is 0 Å². The molecule has 0 unspecified atom stereocenters. The number of hydrogen-bond acceptors (Lipinski definition) is 3. The lowest BCUT2D eigenvalue weighted by Crippen LogP contribution is -2.44. The zero-order chi connectivity index (χ0) is 17.0. The van der Waals surface area contributed by atoms with Gasteiger partial charge in [-0.15, -0.1) is 0 Å². The molecule has 7 heteroatoms. The number of amides is 1. The molecule has 0 radical (unpaired) electrons. The van der Waals surface area contributed by atoms with E-state index in [-0.39, 0.29) is 23.7 Å². The number of carbonyl (C=O) groups is 1. The number of nitrogens with one attached hydrogen (secondary N) is 1. The zero-order valence-corrected chi connectivity index (χ0v) is 13.7. The molecule has 0 bridgehead atoms. The highest BCUT2D eigenvalue weighted by molar-refractivity contribution is 5.93. The summed E-state index contributed by atoms with van der Waals surface area (Å²) in [7, 11) is 0. The lowest BCUT2D eigenvalue weighted by Gasteiger charge is -2.32. The molecule has 0 aromatic carbocycles. The zero-order valence-electron chi connectivity index (χ0n) is 13.7. The van der Waals surface area contributed by atoms with Crippen molar-refractivity contribution < 1.29 is 18.7 Å². The van der Waals surface area contributed by atoms with Gasteiger partial charge in [0.1, 0.15) is 0 Å². The number of rotatable bonds is 6. The Morgan fingerprint density at radius 2 is 2.04 bits per heavy atom. The lowest BCUT2D eigenvalue weighted by atomic mass is 9.85. The summed E-state index contributed by atoms with van der Waals surface area (Å²) in [5.74, 6) is -0.416. The van der Waals surface area contributed by atoms with Gasteiger partial charge in [-0.25, -0.2) is 8.78 Å². The Kier molecular flexibility index (Phi) is 5.73. The van der Waals surface area contributed by atoms with Crippen LogP contribution >= 0.6 is 0 Å². The molecule has 0 atom stereocenters. The van der Waals surface area contributed by atoms with E-state index in [2.05, 4.69) is 10.4 Å². The molecular formula is C16H25F2N3O2. The number of alkyl halides is 2. The summed E-state index contributed by atoms with van der Waals surface area (Å²) in [6.07, 6.45) is 2.62. The highest BCUT2D eigenvalue weighted by Gasteiger charge is 2.31. The van der Waals surface area contributed by atoms with Crippen LogP contribution in [-0.4, -0.2) is 32.9 Å². The van der Waals surface area contributed by atoms with E-state index in [1.807, 2.05) is 13.8 Å². The van der Waals surface area contributed by atoms with Gasteiger partial charge >= 0.3 is 0 Å². The van der Waals surface area contributed by atoms with Crippen LogP contribution in [0.3, 0.4) is 0 Å². The Bertz CT molecular complexity index is 537. The second-order valence-corrected chi connectivity index (χ2v) is 6.82. The minimum absolute atomic E-state index is 0.0750. The van der Waals surface area contributed by atoms with Gasteiger partial charge in [0.15, 0.2) is 5.69 Å². The van der Waals surface area contributed by atoms with Crippen molar-refractivity contribution in [2.75, 3.05) is 6.54 Å². The first-order valence-electron chi connectivity index (χ1n) is 8.17. The molecule has 1 amide bonds. The molecular weight excluding hydrogens is 304 g/mol. The molecule has 23 heavy (non-hydrogen) atoms. The topological polar surface area (TPSA) is 67.2 Å². The third-order valence-corrected chi connectivity index (χ3v) is 4.15. The van der Waals surface area contributed by atoms with Gasteiger partial charge in [-0.1, -0.05) is 33.1 Å².